The number of nitro benzene ring substituents is 1. The van der Waals surface area contributed by atoms with E-state index in [0.717, 1.165) is 12.8 Å². The predicted molar refractivity (Wildman–Crippen MR) is 69.6 cm³/mol. The molecule has 0 radical (unpaired) electrons. The highest BCUT2D eigenvalue weighted by Gasteiger charge is 2.26. The van der Waals surface area contributed by atoms with Crippen LogP contribution in [-0.4, -0.2) is 21.6 Å². The molecule has 0 unspecified atom stereocenters. The van der Waals surface area contributed by atoms with Gasteiger partial charge in [0.2, 0.25) is 0 Å². The highest BCUT2D eigenvalue weighted by atomic mass is 35.5. The van der Waals surface area contributed by atoms with Crippen LogP contribution in [-0.2, 0) is 0 Å². The third-order valence-corrected chi connectivity index (χ3v) is 3.01. The van der Waals surface area contributed by atoms with Gasteiger partial charge in [-0.2, -0.15) is 0 Å². The van der Waals surface area contributed by atoms with Gasteiger partial charge in [0, 0.05) is 17.7 Å². The number of ketones is 1. The zero-order valence-electron chi connectivity index (χ0n) is 9.23. The van der Waals surface area contributed by atoms with Crippen molar-refractivity contribution in [2.45, 2.75) is 23.7 Å². The van der Waals surface area contributed by atoms with Crippen molar-refractivity contribution in [2.24, 2.45) is 0 Å². The molecular formula is C11H10Cl2N2O3. The van der Waals surface area contributed by atoms with Gasteiger partial charge in [-0.05, 0) is 25.0 Å². The summed E-state index contributed by atoms with van der Waals surface area (Å²) in [6, 6.07) is 4.49. The van der Waals surface area contributed by atoms with E-state index in [1.54, 1.807) is 0 Å². The Morgan fingerprint density at radius 2 is 2.11 bits per heavy atom. The number of Topliss-reactive ketones (excluding diaryl/α,β-unsaturated/α-hetero) is 1. The number of hydrogen-bond acceptors (Lipinski definition) is 4. The molecule has 0 saturated heterocycles. The number of rotatable bonds is 5. The number of benzene rings is 1. The molecule has 0 atom stereocenters. The summed E-state index contributed by atoms with van der Waals surface area (Å²) >= 11 is 10.9. The van der Waals surface area contributed by atoms with Gasteiger partial charge in [-0.3, -0.25) is 14.9 Å². The second-order valence-corrected chi connectivity index (χ2v) is 5.17. The first-order chi connectivity index (χ1) is 8.49. The summed E-state index contributed by atoms with van der Waals surface area (Å²) < 4.78 is 0. The lowest BCUT2D eigenvalue weighted by Crippen LogP contribution is -2.10. The van der Waals surface area contributed by atoms with E-state index in [1.807, 2.05) is 0 Å². The maximum absolute atomic E-state index is 11.6. The Morgan fingerprint density at radius 1 is 1.44 bits per heavy atom. The van der Waals surface area contributed by atoms with Gasteiger partial charge in [0.15, 0.2) is 10.6 Å². The Labute approximate surface area is 113 Å². The molecule has 7 heteroatoms. The monoisotopic (exact) mass is 288 g/mol. The van der Waals surface area contributed by atoms with Crippen molar-refractivity contribution in [3.63, 3.8) is 0 Å². The molecule has 0 aromatic heterocycles. The first kappa shape index (κ1) is 13.1. The summed E-state index contributed by atoms with van der Waals surface area (Å²) in [6.45, 7) is 0. The number of nitrogens with one attached hydrogen (secondary N) is 1. The van der Waals surface area contributed by atoms with Gasteiger partial charge >= 0.3 is 0 Å². The average Bonchev–Trinajstić information content (AvgIpc) is 3.12. The van der Waals surface area contributed by atoms with Gasteiger partial charge in [-0.25, -0.2) is 0 Å². The molecule has 2 rings (SSSR count). The van der Waals surface area contributed by atoms with Crippen molar-refractivity contribution in [1.29, 1.82) is 0 Å². The van der Waals surface area contributed by atoms with E-state index in [1.165, 1.54) is 18.2 Å². The molecular weight excluding hydrogens is 279 g/mol. The molecule has 96 valence electrons. The lowest BCUT2D eigenvalue weighted by Gasteiger charge is -2.07. The van der Waals surface area contributed by atoms with Crippen molar-refractivity contribution in [3.8, 4) is 0 Å². The Hall–Kier alpha value is -1.33. The molecule has 1 N–H and O–H groups in total. The van der Waals surface area contributed by atoms with Gasteiger partial charge in [0.1, 0.15) is 5.69 Å². The number of anilines is 1. The summed E-state index contributed by atoms with van der Waals surface area (Å²) in [7, 11) is 0. The Bertz CT molecular complexity index is 501. The molecule has 0 amide bonds. The first-order valence-electron chi connectivity index (χ1n) is 5.36. The Balaban J connectivity index is 2.32. The Morgan fingerprint density at radius 3 is 2.61 bits per heavy atom. The molecule has 1 aromatic rings. The molecule has 1 saturated carbocycles. The van der Waals surface area contributed by atoms with E-state index in [9.17, 15) is 14.9 Å². The van der Waals surface area contributed by atoms with Crippen LogP contribution in [0.2, 0.25) is 0 Å². The molecule has 18 heavy (non-hydrogen) atoms. The summed E-state index contributed by atoms with van der Waals surface area (Å²) in [6.07, 6.45) is 2.01. The standard InChI is InChI=1S/C11H10Cl2N2O3/c12-11(13)10(16)6-1-4-8(14-7-2-3-7)9(5-6)15(17)18/h1,4-5,7,11,14H,2-3H2. The molecule has 1 aliphatic rings. The van der Waals surface area contributed by atoms with Crippen LogP contribution in [0.4, 0.5) is 11.4 Å². The minimum atomic E-state index is -1.22. The maximum Gasteiger partial charge on any atom is 0.293 e. The minimum Gasteiger partial charge on any atom is -0.377 e. The van der Waals surface area contributed by atoms with Crippen LogP contribution in [0, 0.1) is 10.1 Å². The fourth-order valence-corrected chi connectivity index (χ4v) is 1.78. The topological polar surface area (TPSA) is 72.2 Å². The molecule has 0 bridgehead atoms. The SMILES string of the molecule is O=C(c1ccc(NC2CC2)c([N+](=O)[O-])c1)C(Cl)Cl. The number of halogens is 2. The smallest absolute Gasteiger partial charge is 0.293 e. The summed E-state index contributed by atoms with van der Waals surface area (Å²) in [4.78, 5) is 20.8. The average molecular weight is 289 g/mol. The molecule has 1 aliphatic carbocycles. The quantitative estimate of drug-likeness (QED) is 0.391. The van der Waals surface area contributed by atoms with Crippen LogP contribution in [0.3, 0.4) is 0 Å². The number of nitrogens with zero attached hydrogens (tertiary/aromatic N) is 1. The van der Waals surface area contributed by atoms with Crippen LogP contribution >= 0.6 is 23.2 Å². The van der Waals surface area contributed by atoms with Gasteiger partial charge < -0.3 is 5.32 Å². The second-order valence-electron chi connectivity index (χ2n) is 4.07. The van der Waals surface area contributed by atoms with E-state index >= 15 is 0 Å². The third kappa shape index (κ3) is 2.91. The lowest BCUT2D eigenvalue weighted by atomic mass is 10.1. The van der Waals surface area contributed by atoms with Gasteiger partial charge in [0.05, 0.1) is 4.92 Å². The number of carbonyl (C=O) groups excluding carboxylic acids is 1. The van der Waals surface area contributed by atoms with Gasteiger partial charge in [-0.1, -0.05) is 23.2 Å². The minimum absolute atomic E-state index is 0.137. The van der Waals surface area contributed by atoms with E-state index in [2.05, 4.69) is 5.32 Å². The fourth-order valence-electron chi connectivity index (χ4n) is 1.53. The summed E-state index contributed by atoms with van der Waals surface area (Å²) in [5.74, 6) is -0.542. The molecule has 5 nitrogen and oxygen atoms in total. The largest absolute Gasteiger partial charge is 0.377 e. The van der Waals surface area contributed by atoms with Crippen molar-refractivity contribution in [3.05, 3.63) is 33.9 Å². The van der Waals surface area contributed by atoms with E-state index in [0.29, 0.717) is 11.7 Å². The van der Waals surface area contributed by atoms with Crippen molar-refractivity contribution in [2.75, 3.05) is 5.32 Å². The summed E-state index contributed by atoms with van der Waals surface area (Å²) in [5.41, 5.74) is 0.416. The van der Waals surface area contributed by atoms with Crippen LogP contribution in [0.5, 0.6) is 0 Å². The van der Waals surface area contributed by atoms with Gasteiger partial charge in [0.25, 0.3) is 5.69 Å². The molecule has 1 fully saturated rings. The molecule has 0 heterocycles. The fraction of sp³-hybridized carbons (Fsp3) is 0.364. The van der Waals surface area contributed by atoms with Crippen molar-refractivity contribution < 1.29 is 9.72 Å². The normalized spacial score (nSPS) is 14.6. The Kier molecular flexibility index (Phi) is 3.73. The van der Waals surface area contributed by atoms with E-state index in [4.69, 9.17) is 23.2 Å². The zero-order valence-corrected chi connectivity index (χ0v) is 10.7. The van der Waals surface area contributed by atoms with E-state index < -0.39 is 15.5 Å². The highest BCUT2D eigenvalue weighted by Crippen LogP contribution is 2.32. The molecule has 1 aromatic carbocycles. The van der Waals surface area contributed by atoms with Crippen molar-refractivity contribution in [1.82, 2.24) is 0 Å². The zero-order chi connectivity index (χ0) is 13.3. The molecule has 0 aliphatic heterocycles. The highest BCUT2D eigenvalue weighted by molar-refractivity contribution is 6.55. The number of nitro groups is 1. The van der Waals surface area contributed by atoms with Crippen LogP contribution < -0.4 is 5.32 Å². The molecule has 0 spiro atoms. The lowest BCUT2D eigenvalue weighted by molar-refractivity contribution is -0.384. The number of hydrogen-bond donors (Lipinski definition) is 1. The predicted octanol–water partition coefficient (Wildman–Crippen LogP) is 3.16. The maximum atomic E-state index is 11.6. The van der Waals surface area contributed by atoms with Crippen LogP contribution in [0.25, 0.3) is 0 Å². The van der Waals surface area contributed by atoms with Gasteiger partial charge in [-0.15, -0.1) is 0 Å². The third-order valence-electron chi connectivity index (χ3n) is 2.61. The van der Waals surface area contributed by atoms with Crippen LogP contribution in [0.1, 0.15) is 23.2 Å². The first-order valence-corrected chi connectivity index (χ1v) is 6.23. The second kappa shape index (κ2) is 5.12. The van der Waals surface area contributed by atoms with Crippen LogP contribution in [0.15, 0.2) is 18.2 Å². The summed E-state index contributed by atoms with van der Waals surface area (Å²) in [5, 5.41) is 14.0. The number of carbonyl (C=O) groups is 1. The van der Waals surface area contributed by atoms with E-state index in [-0.39, 0.29) is 11.3 Å². The van der Waals surface area contributed by atoms with Crippen molar-refractivity contribution >= 4 is 40.4 Å². The number of alkyl halides is 2.